The first kappa shape index (κ1) is 12.1. The lowest BCUT2D eigenvalue weighted by Gasteiger charge is -2.20. The van der Waals surface area contributed by atoms with E-state index >= 15 is 0 Å². The molecule has 2 rings (SSSR count). The fourth-order valence-electron chi connectivity index (χ4n) is 2.95. The van der Waals surface area contributed by atoms with E-state index in [0.717, 1.165) is 24.4 Å². The zero-order valence-corrected chi connectivity index (χ0v) is 11.2. The molecule has 0 spiro atoms. The topological polar surface area (TPSA) is 12.0 Å². The summed E-state index contributed by atoms with van der Waals surface area (Å²) in [7, 11) is 0. The molecule has 0 aliphatic heterocycles. The van der Waals surface area contributed by atoms with Crippen molar-refractivity contribution in [1.29, 1.82) is 0 Å². The molecule has 1 fully saturated rings. The predicted octanol–water partition coefficient (Wildman–Crippen LogP) is 3.70. The molecule has 3 unspecified atom stereocenters. The Morgan fingerprint density at radius 3 is 2.94 bits per heavy atom. The first-order valence-corrected chi connectivity index (χ1v) is 7.50. The summed E-state index contributed by atoms with van der Waals surface area (Å²) in [5, 5.41) is 8.16. The molecule has 0 saturated heterocycles. The Hall–Kier alpha value is -0.340. The number of hydrogen-bond donors (Lipinski definition) is 1. The maximum atomic E-state index is 3.74. The van der Waals surface area contributed by atoms with Crippen molar-refractivity contribution >= 4 is 11.3 Å². The average Bonchev–Trinajstić information content (AvgIpc) is 2.90. The highest BCUT2D eigenvalue weighted by atomic mass is 32.1. The van der Waals surface area contributed by atoms with Crippen LogP contribution in [0, 0.1) is 11.8 Å². The first-order valence-electron chi connectivity index (χ1n) is 6.55. The quantitative estimate of drug-likeness (QED) is 0.823. The van der Waals surface area contributed by atoms with Crippen molar-refractivity contribution < 1.29 is 0 Å². The SMILES string of the molecule is CCC1CCC(NCCc2ccsc2)C1C. The third-order valence-electron chi connectivity index (χ3n) is 4.15. The summed E-state index contributed by atoms with van der Waals surface area (Å²) < 4.78 is 0. The average molecular weight is 237 g/mol. The lowest BCUT2D eigenvalue weighted by molar-refractivity contribution is 0.346. The van der Waals surface area contributed by atoms with Crippen LogP contribution in [0.25, 0.3) is 0 Å². The standard InChI is InChI=1S/C14H23NS/c1-3-13-4-5-14(11(13)2)15-8-6-12-7-9-16-10-12/h7,9-11,13-15H,3-6,8H2,1-2H3. The van der Waals surface area contributed by atoms with Crippen LogP contribution in [-0.2, 0) is 6.42 Å². The van der Waals surface area contributed by atoms with E-state index in [-0.39, 0.29) is 0 Å². The highest BCUT2D eigenvalue weighted by Crippen LogP contribution is 2.33. The van der Waals surface area contributed by atoms with E-state index in [1.807, 2.05) is 0 Å². The van der Waals surface area contributed by atoms with Gasteiger partial charge < -0.3 is 5.32 Å². The van der Waals surface area contributed by atoms with Crippen molar-refractivity contribution in [2.75, 3.05) is 6.54 Å². The molecular formula is C14H23NS. The molecule has 16 heavy (non-hydrogen) atoms. The summed E-state index contributed by atoms with van der Waals surface area (Å²) in [4.78, 5) is 0. The molecule has 0 bridgehead atoms. The zero-order valence-electron chi connectivity index (χ0n) is 10.4. The highest BCUT2D eigenvalue weighted by Gasteiger charge is 2.30. The van der Waals surface area contributed by atoms with E-state index in [2.05, 4.69) is 36.0 Å². The minimum Gasteiger partial charge on any atom is -0.313 e. The van der Waals surface area contributed by atoms with E-state index in [0.29, 0.717) is 0 Å². The van der Waals surface area contributed by atoms with Gasteiger partial charge in [-0.05, 0) is 60.0 Å². The third-order valence-corrected chi connectivity index (χ3v) is 4.88. The van der Waals surface area contributed by atoms with E-state index < -0.39 is 0 Å². The lowest BCUT2D eigenvalue weighted by atomic mass is 9.93. The molecule has 1 aromatic rings. The van der Waals surface area contributed by atoms with Crippen LogP contribution in [0.3, 0.4) is 0 Å². The van der Waals surface area contributed by atoms with Gasteiger partial charge in [0, 0.05) is 6.04 Å². The van der Waals surface area contributed by atoms with Crippen LogP contribution < -0.4 is 5.32 Å². The van der Waals surface area contributed by atoms with Crippen LogP contribution in [0.1, 0.15) is 38.7 Å². The Morgan fingerprint density at radius 1 is 1.44 bits per heavy atom. The molecule has 2 heteroatoms. The molecule has 1 aliphatic carbocycles. The number of thiophene rings is 1. The van der Waals surface area contributed by atoms with Crippen molar-refractivity contribution in [2.24, 2.45) is 11.8 Å². The lowest BCUT2D eigenvalue weighted by Crippen LogP contribution is -2.34. The summed E-state index contributed by atoms with van der Waals surface area (Å²) in [6, 6.07) is 3.00. The fourth-order valence-corrected chi connectivity index (χ4v) is 3.65. The minimum atomic E-state index is 0.767. The normalized spacial score (nSPS) is 29.8. The second-order valence-corrected chi connectivity index (χ2v) is 5.83. The van der Waals surface area contributed by atoms with Gasteiger partial charge in [0.2, 0.25) is 0 Å². The van der Waals surface area contributed by atoms with Crippen LogP contribution in [0.5, 0.6) is 0 Å². The number of nitrogens with one attached hydrogen (secondary N) is 1. The van der Waals surface area contributed by atoms with Crippen LogP contribution in [0.15, 0.2) is 16.8 Å². The van der Waals surface area contributed by atoms with Gasteiger partial charge in [0.1, 0.15) is 0 Å². The van der Waals surface area contributed by atoms with Gasteiger partial charge in [-0.15, -0.1) is 0 Å². The molecule has 3 atom stereocenters. The van der Waals surface area contributed by atoms with Gasteiger partial charge in [-0.1, -0.05) is 20.3 Å². The Kier molecular flexibility index (Phi) is 4.42. The van der Waals surface area contributed by atoms with Crippen LogP contribution in [-0.4, -0.2) is 12.6 Å². The number of rotatable bonds is 5. The van der Waals surface area contributed by atoms with Crippen LogP contribution in [0.2, 0.25) is 0 Å². The number of hydrogen-bond acceptors (Lipinski definition) is 2. The Morgan fingerprint density at radius 2 is 2.31 bits per heavy atom. The van der Waals surface area contributed by atoms with Gasteiger partial charge in [0.25, 0.3) is 0 Å². The molecule has 1 aliphatic rings. The summed E-state index contributed by atoms with van der Waals surface area (Å²) in [6.07, 6.45) is 5.34. The second kappa shape index (κ2) is 5.83. The fraction of sp³-hybridized carbons (Fsp3) is 0.714. The van der Waals surface area contributed by atoms with Crippen molar-refractivity contribution in [1.82, 2.24) is 5.32 Å². The van der Waals surface area contributed by atoms with Gasteiger partial charge in [-0.2, -0.15) is 11.3 Å². The summed E-state index contributed by atoms with van der Waals surface area (Å²) in [5.41, 5.74) is 1.48. The molecule has 0 aromatic carbocycles. The van der Waals surface area contributed by atoms with Gasteiger partial charge in [-0.25, -0.2) is 0 Å². The van der Waals surface area contributed by atoms with Gasteiger partial charge in [0.15, 0.2) is 0 Å². The second-order valence-electron chi connectivity index (χ2n) is 5.05. The largest absolute Gasteiger partial charge is 0.313 e. The van der Waals surface area contributed by atoms with Crippen molar-refractivity contribution in [3.63, 3.8) is 0 Å². The molecule has 0 amide bonds. The van der Waals surface area contributed by atoms with Crippen LogP contribution >= 0.6 is 11.3 Å². The monoisotopic (exact) mass is 237 g/mol. The maximum absolute atomic E-state index is 3.74. The maximum Gasteiger partial charge on any atom is 0.00955 e. The van der Waals surface area contributed by atoms with E-state index in [1.54, 1.807) is 11.3 Å². The summed E-state index contributed by atoms with van der Waals surface area (Å²) in [6.45, 7) is 5.89. The molecular weight excluding hydrogens is 214 g/mol. The molecule has 1 aromatic heterocycles. The van der Waals surface area contributed by atoms with E-state index in [4.69, 9.17) is 0 Å². The van der Waals surface area contributed by atoms with Crippen molar-refractivity contribution in [3.05, 3.63) is 22.4 Å². The summed E-state index contributed by atoms with van der Waals surface area (Å²) >= 11 is 1.80. The van der Waals surface area contributed by atoms with E-state index in [1.165, 1.54) is 31.2 Å². The van der Waals surface area contributed by atoms with E-state index in [9.17, 15) is 0 Å². The van der Waals surface area contributed by atoms with Crippen molar-refractivity contribution in [2.45, 2.75) is 45.6 Å². The first-order chi connectivity index (χ1) is 7.81. The van der Waals surface area contributed by atoms with Crippen molar-refractivity contribution in [3.8, 4) is 0 Å². The summed E-state index contributed by atoms with van der Waals surface area (Å²) in [5.74, 6) is 1.83. The molecule has 1 heterocycles. The third kappa shape index (κ3) is 2.86. The van der Waals surface area contributed by atoms with Crippen LogP contribution in [0.4, 0.5) is 0 Å². The highest BCUT2D eigenvalue weighted by molar-refractivity contribution is 7.07. The molecule has 1 nitrogen and oxygen atoms in total. The van der Waals surface area contributed by atoms with Gasteiger partial charge >= 0.3 is 0 Å². The minimum absolute atomic E-state index is 0.767. The molecule has 1 saturated carbocycles. The molecule has 0 radical (unpaired) electrons. The Balaban J connectivity index is 1.71. The smallest absolute Gasteiger partial charge is 0.00955 e. The predicted molar refractivity (Wildman–Crippen MR) is 72.0 cm³/mol. The molecule has 1 N–H and O–H groups in total. The van der Waals surface area contributed by atoms with Gasteiger partial charge in [0.05, 0.1) is 0 Å². The zero-order chi connectivity index (χ0) is 11.4. The Labute approximate surface area is 103 Å². The van der Waals surface area contributed by atoms with Gasteiger partial charge in [-0.3, -0.25) is 0 Å². The molecule has 90 valence electrons. The Bertz CT molecular complexity index is 294.